The number of rotatable bonds is 3. The van der Waals surface area contributed by atoms with E-state index in [-0.39, 0.29) is 12.5 Å². The fourth-order valence-corrected chi connectivity index (χ4v) is 2.19. The van der Waals surface area contributed by atoms with Gasteiger partial charge in [-0.05, 0) is 19.1 Å². The number of ether oxygens (including phenoxy) is 2. The summed E-state index contributed by atoms with van der Waals surface area (Å²) in [6.07, 6.45) is 1.63. The minimum absolute atomic E-state index is 0.0992. The highest BCUT2D eigenvalue weighted by atomic mass is 35.5. The fourth-order valence-electron chi connectivity index (χ4n) is 2.04. The molecule has 0 bridgehead atoms. The van der Waals surface area contributed by atoms with Crippen molar-refractivity contribution in [1.29, 1.82) is 0 Å². The van der Waals surface area contributed by atoms with Crippen LogP contribution in [0, 0.1) is 6.92 Å². The van der Waals surface area contributed by atoms with Crippen molar-refractivity contribution in [1.82, 2.24) is 9.78 Å². The van der Waals surface area contributed by atoms with Gasteiger partial charge < -0.3 is 14.8 Å². The van der Waals surface area contributed by atoms with Crippen LogP contribution in [0.3, 0.4) is 0 Å². The van der Waals surface area contributed by atoms with Crippen molar-refractivity contribution in [2.24, 2.45) is 0 Å². The minimum Gasteiger partial charge on any atom is -0.486 e. The van der Waals surface area contributed by atoms with Crippen LogP contribution >= 0.6 is 11.6 Å². The zero-order chi connectivity index (χ0) is 14.8. The molecule has 0 atom stereocenters. The van der Waals surface area contributed by atoms with Gasteiger partial charge in [0.2, 0.25) is 5.91 Å². The molecule has 1 amide bonds. The van der Waals surface area contributed by atoms with E-state index in [1.807, 2.05) is 0 Å². The first-order valence-corrected chi connectivity index (χ1v) is 6.88. The molecule has 1 aliphatic heterocycles. The number of benzene rings is 1. The Bertz CT molecular complexity index is 665. The predicted molar refractivity (Wildman–Crippen MR) is 78.0 cm³/mol. The van der Waals surface area contributed by atoms with Gasteiger partial charge in [-0.2, -0.15) is 5.10 Å². The van der Waals surface area contributed by atoms with Crippen LogP contribution in [0.4, 0.5) is 5.69 Å². The second-order valence-electron chi connectivity index (χ2n) is 4.67. The van der Waals surface area contributed by atoms with Gasteiger partial charge in [0.25, 0.3) is 0 Å². The van der Waals surface area contributed by atoms with Crippen molar-refractivity contribution >= 4 is 23.2 Å². The molecule has 0 unspecified atom stereocenters. The molecular weight excluding hydrogens is 294 g/mol. The van der Waals surface area contributed by atoms with Crippen LogP contribution < -0.4 is 14.8 Å². The molecule has 0 spiro atoms. The predicted octanol–water partition coefficient (Wildman–Crippen LogP) is 2.25. The van der Waals surface area contributed by atoms with Gasteiger partial charge in [-0.25, -0.2) is 0 Å². The third-order valence-corrected chi connectivity index (χ3v) is 3.39. The zero-order valence-corrected chi connectivity index (χ0v) is 12.2. The number of aromatic nitrogens is 2. The molecule has 0 aliphatic carbocycles. The molecule has 0 fully saturated rings. The maximum Gasteiger partial charge on any atom is 0.246 e. The molecule has 2 aromatic rings. The quantitative estimate of drug-likeness (QED) is 0.944. The van der Waals surface area contributed by atoms with Gasteiger partial charge in [0.1, 0.15) is 19.8 Å². The van der Waals surface area contributed by atoms with Crippen molar-refractivity contribution in [3.8, 4) is 11.5 Å². The second kappa shape index (κ2) is 5.65. The van der Waals surface area contributed by atoms with Crippen LogP contribution in [0.2, 0.25) is 5.02 Å². The van der Waals surface area contributed by atoms with Crippen molar-refractivity contribution in [2.75, 3.05) is 18.5 Å². The van der Waals surface area contributed by atoms with Crippen molar-refractivity contribution in [2.45, 2.75) is 13.5 Å². The minimum atomic E-state index is -0.189. The number of carbonyl (C=O) groups is 1. The van der Waals surface area contributed by atoms with Gasteiger partial charge >= 0.3 is 0 Å². The Balaban J connectivity index is 1.67. The molecule has 1 N–H and O–H groups in total. The number of hydrogen-bond donors (Lipinski definition) is 1. The first-order chi connectivity index (χ1) is 10.1. The van der Waals surface area contributed by atoms with Crippen LogP contribution in [0.5, 0.6) is 11.5 Å². The van der Waals surface area contributed by atoms with Crippen LogP contribution in [0.1, 0.15) is 5.69 Å². The maximum atomic E-state index is 12.0. The molecule has 3 rings (SSSR count). The Kier molecular flexibility index (Phi) is 3.70. The third-order valence-electron chi connectivity index (χ3n) is 3.02. The number of fused-ring (bicyclic) bond motifs is 1. The number of anilines is 1. The summed E-state index contributed by atoms with van der Waals surface area (Å²) >= 11 is 5.91. The van der Waals surface area contributed by atoms with E-state index < -0.39 is 0 Å². The largest absolute Gasteiger partial charge is 0.486 e. The molecule has 7 heteroatoms. The topological polar surface area (TPSA) is 65.4 Å². The Hall–Kier alpha value is -2.21. The van der Waals surface area contributed by atoms with E-state index >= 15 is 0 Å². The van der Waals surface area contributed by atoms with E-state index in [0.717, 1.165) is 0 Å². The number of aryl methyl sites for hydroxylation is 1. The van der Waals surface area contributed by atoms with Gasteiger partial charge in [-0.3, -0.25) is 9.48 Å². The van der Waals surface area contributed by atoms with E-state index in [2.05, 4.69) is 10.4 Å². The summed E-state index contributed by atoms with van der Waals surface area (Å²) in [7, 11) is 0. The average Bonchev–Trinajstić information content (AvgIpc) is 2.77. The highest BCUT2D eigenvalue weighted by Crippen LogP contribution is 2.32. The van der Waals surface area contributed by atoms with E-state index in [0.29, 0.717) is 41.1 Å². The average molecular weight is 308 g/mol. The zero-order valence-electron chi connectivity index (χ0n) is 11.4. The Morgan fingerprint density at radius 3 is 2.86 bits per heavy atom. The lowest BCUT2D eigenvalue weighted by Crippen LogP contribution is -2.20. The summed E-state index contributed by atoms with van der Waals surface area (Å²) < 4.78 is 12.4. The molecule has 1 aliphatic rings. The van der Waals surface area contributed by atoms with E-state index in [1.54, 1.807) is 31.3 Å². The monoisotopic (exact) mass is 307 g/mol. The van der Waals surface area contributed by atoms with Gasteiger partial charge in [0.05, 0.1) is 10.7 Å². The number of amides is 1. The molecule has 110 valence electrons. The van der Waals surface area contributed by atoms with Gasteiger partial charge in [-0.15, -0.1) is 0 Å². The summed E-state index contributed by atoms with van der Waals surface area (Å²) in [5.74, 6) is 1.14. The Labute approximate surface area is 126 Å². The lowest BCUT2D eigenvalue weighted by Gasteiger charge is -2.19. The first kappa shape index (κ1) is 13.8. The van der Waals surface area contributed by atoms with Gasteiger partial charge in [0, 0.05) is 18.0 Å². The number of nitrogens with one attached hydrogen (secondary N) is 1. The smallest absolute Gasteiger partial charge is 0.246 e. The summed E-state index contributed by atoms with van der Waals surface area (Å²) in [5.41, 5.74) is 1.35. The number of halogens is 1. The Morgan fingerprint density at radius 1 is 1.38 bits per heavy atom. The van der Waals surface area contributed by atoms with Crippen LogP contribution in [-0.4, -0.2) is 28.9 Å². The fraction of sp³-hybridized carbons (Fsp3) is 0.286. The lowest BCUT2D eigenvalue weighted by molar-refractivity contribution is -0.116. The number of carbonyl (C=O) groups excluding carboxylic acids is 1. The van der Waals surface area contributed by atoms with Crippen LogP contribution in [0.15, 0.2) is 24.4 Å². The highest BCUT2D eigenvalue weighted by Gasteiger charge is 2.13. The van der Waals surface area contributed by atoms with E-state index in [4.69, 9.17) is 21.1 Å². The molecule has 2 heterocycles. The summed E-state index contributed by atoms with van der Waals surface area (Å²) in [5, 5.41) is 7.48. The lowest BCUT2D eigenvalue weighted by atomic mass is 10.2. The number of nitrogens with zero attached hydrogens (tertiary/aromatic N) is 2. The van der Waals surface area contributed by atoms with Gasteiger partial charge in [-0.1, -0.05) is 11.6 Å². The van der Waals surface area contributed by atoms with Crippen LogP contribution in [0.25, 0.3) is 0 Å². The van der Waals surface area contributed by atoms with Crippen molar-refractivity contribution in [3.05, 3.63) is 35.1 Å². The molecule has 6 nitrogen and oxygen atoms in total. The molecule has 1 aromatic carbocycles. The SMILES string of the molecule is Cc1nn(CC(=O)Nc2ccc3c(c2)OCCO3)cc1Cl. The standard InChI is InChI=1S/C14H14ClN3O3/c1-9-11(15)7-18(17-9)8-14(19)16-10-2-3-12-13(6-10)21-5-4-20-12/h2-3,6-7H,4-5,8H2,1H3,(H,16,19). The molecule has 0 saturated carbocycles. The molecule has 0 radical (unpaired) electrons. The van der Waals surface area contributed by atoms with Crippen molar-refractivity contribution in [3.63, 3.8) is 0 Å². The van der Waals surface area contributed by atoms with Crippen molar-refractivity contribution < 1.29 is 14.3 Å². The first-order valence-electron chi connectivity index (χ1n) is 6.51. The van der Waals surface area contributed by atoms with E-state index in [1.165, 1.54) is 4.68 Å². The Morgan fingerprint density at radius 2 is 2.14 bits per heavy atom. The molecule has 21 heavy (non-hydrogen) atoms. The highest BCUT2D eigenvalue weighted by molar-refractivity contribution is 6.31. The molecular formula is C14H14ClN3O3. The normalized spacial score (nSPS) is 13.0. The summed E-state index contributed by atoms with van der Waals surface area (Å²) in [4.78, 5) is 12.0. The number of hydrogen-bond acceptors (Lipinski definition) is 4. The van der Waals surface area contributed by atoms with E-state index in [9.17, 15) is 4.79 Å². The molecule has 0 saturated heterocycles. The maximum absolute atomic E-state index is 12.0. The van der Waals surface area contributed by atoms with Gasteiger partial charge in [0.15, 0.2) is 11.5 Å². The van der Waals surface area contributed by atoms with Crippen LogP contribution in [-0.2, 0) is 11.3 Å². The molecule has 1 aromatic heterocycles. The summed E-state index contributed by atoms with van der Waals surface area (Å²) in [6, 6.07) is 5.29. The third kappa shape index (κ3) is 3.11. The second-order valence-corrected chi connectivity index (χ2v) is 5.07. The summed E-state index contributed by atoms with van der Waals surface area (Å²) in [6.45, 7) is 2.94.